The van der Waals surface area contributed by atoms with Crippen LogP contribution < -0.4 is 10.6 Å². The number of rotatable bonds is 7. The predicted octanol–water partition coefficient (Wildman–Crippen LogP) is 2.49. The lowest BCUT2D eigenvalue weighted by atomic mass is 9.88. The number of amides is 3. The Balaban J connectivity index is 1.69. The van der Waals surface area contributed by atoms with Gasteiger partial charge in [0.1, 0.15) is 11.9 Å². The number of nitrogens with zero attached hydrogens (tertiary/aromatic N) is 1. The molecule has 2 fully saturated rings. The van der Waals surface area contributed by atoms with Crippen LogP contribution in [0.4, 0.5) is 4.39 Å². The van der Waals surface area contributed by atoms with Crippen molar-refractivity contribution < 1.29 is 18.8 Å². The van der Waals surface area contributed by atoms with E-state index in [2.05, 4.69) is 10.6 Å². The first-order chi connectivity index (χ1) is 13.9. The van der Waals surface area contributed by atoms with E-state index in [1.807, 2.05) is 18.7 Å². The minimum atomic E-state index is -0.755. The Morgan fingerprint density at radius 3 is 2.34 bits per heavy atom. The van der Waals surface area contributed by atoms with Crippen LogP contribution in [0.3, 0.4) is 0 Å². The summed E-state index contributed by atoms with van der Waals surface area (Å²) in [7, 11) is 0. The zero-order valence-electron chi connectivity index (χ0n) is 17.1. The van der Waals surface area contributed by atoms with E-state index in [0.29, 0.717) is 25.9 Å². The quantitative estimate of drug-likeness (QED) is 0.734. The van der Waals surface area contributed by atoms with Gasteiger partial charge in [-0.05, 0) is 57.1 Å². The molecule has 2 atom stereocenters. The Kier molecular flexibility index (Phi) is 6.87. The lowest BCUT2D eigenvalue weighted by molar-refractivity contribution is -0.134. The number of halogens is 1. The van der Waals surface area contributed by atoms with Gasteiger partial charge < -0.3 is 15.5 Å². The summed E-state index contributed by atoms with van der Waals surface area (Å²) >= 11 is 0. The molecule has 1 aliphatic heterocycles. The maximum atomic E-state index is 14.0. The first-order valence-electron chi connectivity index (χ1n) is 10.5. The summed E-state index contributed by atoms with van der Waals surface area (Å²) in [5.41, 5.74) is -0.0739. The molecule has 0 bridgehead atoms. The smallest absolute Gasteiger partial charge is 0.254 e. The molecule has 29 heavy (non-hydrogen) atoms. The van der Waals surface area contributed by atoms with Crippen LogP contribution in [0.1, 0.15) is 56.3 Å². The molecule has 3 rings (SSSR count). The molecule has 0 radical (unpaired) electrons. The van der Waals surface area contributed by atoms with Crippen molar-refractivity contribution in [1.82, 2.24) is 15.5 Å². The summed E-state index contributed by atoms with van der Waals surface area (Å²) in [6, 6.07) is 4.97. The highest BCUT2D eigenvalue weighted by Crippen LogP contribution is 2.33. The number of likely N-dealkylation sites (tertiary alicyclic amines) is 1. The van der Waals surface area contributed by atoms with E-state index >= 15 is 0 Å². The van der Waals surface area contributed by atoms with Gasteiger partial charge in [0.05, 0.1) is 5.56 Å². The third-order valence-electron chi connectivity index (χ3n) is 5.94. The van der Waals surface area contributed by atoms with Crippen molar-refractivity contribution in [2.75, 3.05) is 13.1 Å². The Labute approximate surface area is 171 Å². The summed E-state index contributed by atoms with van der Waals surface area (Å²) in [5, 5.41) is 5.69. The van der Waals surface area contributed by atoms with Crippen LogP contribution in [0, 0.1) is 17.7 Å². The third-order valence-corrected chi connectivity index (χ3v) is 5.94. The van der Waals surface area contributed by atoms with Gasteiger partial charge in [-0.2, -0.15) is 0 Å². The fourth-order valence-corrected chi connectivity index (χ4v) is 3.74. The molecule has 1 aliphatic carbocycles. The number of carbonyl (C=O) groups excluding carboxylic acids is 3. The lowest BCUT2D eigenvalue weighted by Gasteiger charge is -2.36. The van der Waals surface area contributed by atoms with E-state index in [1.54, 1.807) is 6.07 Å². The maximum Gasteiger partial charge on any atom is 0.254 e. The Morgan fingerprint density at radius 2 is 1.76 bits per heavy atom. The van der Waals surface area contributed by atoms with Crippen LogP contribution in [0.5, 0.6) is 0 Å². The SMILES string of the molecule is CCC(C)NC(=O)C(NC(=O)c1ccccc1F)C1CCN(C(=O)C2CC2)CC1. The second-order valence-electron chi connectivity index (χ2n) is 8.19. The second kappa shape index (κ2) is 9.37. The third kappa shape index (κ3) is 5.34. The van der Waals surface area contributed by atoms with Gasteiger partial charge in [0.25, 0.3) is 5.91 Å². The van der Waals surface area contributed by atoms with Gasteiger partial charge in [-0.15, -0.1) is 0 Å². The molecule has 1 saturated heterocycles. The van der Waals surface area contributed by atoms with E-state index in [-0.39, 0.29) is 35.3 Å². The van der Waals surface area contributed by atoms with Crippen molar-refractivity contribution in [2.24, 2.45) is 11.8 Å². The molecule has 2 aliphatic rings. The lowest BCUT2D eigenvalue weighted by Crippen LogP contribution is -2.55. The molecule has 3 amide bonds. The minimum Gasteiger partial charge on any atom is -0.352 e. The Bertz CT molecular complexity index is 757. The Hall–Kier alpha value is -2.44. The highest BCUT2D eigenvalue weighted by molar-refractivity contribution is 5.97. The summed E-state index contributed by atoms with van der Waals surface area (Å²) in [6.07, 6.45) is 3.98. The van der Waals surface area contributed by atoms with E-state index in [4.69, 9.17) is 0 Å². The van der Waals surface area contributed by atoms with Crippen molar-refractivity contribution in [3.63, 3.8) is 0 Å². The molecule has 1 aromatic rings. The van der Waals surface area contributed by atoms with Crippen molar-refractivity contribution >= 4 is 17.7 Å². The van der Waals surface area contributed by atoms with Gasteiger partial charge in [-0.25, -0.2) is 4.39 Å². The van der Waals surface area contributed by atoms with Gasteiger partial charge in [-0.1, -0.05) is 19.1 Å². The molecule has 2 N–H and O–H groups in total. The average molecular weight is 403 g/mol. The molecule has 6 nitrogen and oxygen atoms in total. The first-order valence-corrected chi connectivity index (χ1v) is 10.5. The summed E-state index contributed by atoms with van der Waals surface area (Å²) in [6.45, 7) is 5.05. The van der Waals surface area contributed by atoms with Crippen molar-refractivity contribution in [1.29, 1.82) is 0 Å². The normalized spacial score (nSPS) is 19.3. The van der Waals surface area contributed by atoms with Gasteiger partial charge >= 0.3 is 0 Å². The first kappa shape index (κ1) is 21.3. The number of carbonyl (C=O) groups is 3. The van der Waals surface area contributed by atoms with Crippen LogP contribution >= 0.6 is 0 Å². The average Bonchev–Trinajstić information content (AvgIpc) is 3.57. The zero-order valence-corrected chi connectivity index (χ0v) is 17.1. The van der Waals surface area contributed by atoms with E-state index in [0.717, 1.165) is 19.3 Å². The number of hydrogen-bond donors (Lipinski definition) is 2. The number of benzene rings is 1. The molecule has 1 saturated carbocycles. The minimum absolute atomic E-state index is 0.0214. The molecular formula is C22H30FN3O3. The van der Waals surface area contributed by atoms with Crippen molar-refractivity contribution in [3.8, 4) is 0 Å². The monoisotopic (exact) mass is 403 g/mol. The summed E-state index contributed by atoms with van der Waals surface area (Å²) in [5.74, 6) is -1.18. The van der Waals surface area contributed by atoms with Gasteiger partial charge in [0.2, 0.25) is 11.8 Å². The van der Waals surface area contributed by atoms with Crippen molar-refractivity contribution in [3.05, 3.63) is 35.6 Å². The largest absolute Gasteiger partial charge is 0.352 e. The predicted molar refractivity (Wildman–Crippen MR) is 108 cm³/mol. The molecule has 0 aromatic heterocycles. The molecule has 1 heterocycles. The molecule has 2 unspecified atom stereocenters. The topological polar surface area (TPSA) is 78.5 Å². The van der Waals surface area contributed by atoms with Crippen LogP contribution in [0.15, 0.2) is 24.3 Å². The van der Waals surface area contributed by atoms with Crippen LogP contribution in [0.2, 0.25) is 0 Å². The number of piperidine rings is 1. The number of hydrogen-bond acceptors (Lipinski definition) is 3. The van der Waals surface area contributed by atoms with E-state index in [9.17, 15) is 18.8 Å². The van der Waals surface area contributed by atoms with E-state index < -0.39 is 17.8 Å². The maximum absolute atomic E-state index is 14.0. The summed E-state index contributed by atoms with van der Waals surface area (Å²) in [4.78, 5) is 39.7. The van der Waals surface area contributed by atoms with Gasteiger partial charge in [0.15, 0.2) is 0 Å². The fraction of sp³-hybridized carbons (Fsp3) is 0.591. The van der Waals surface area contributed by atoms with E-state index in [1.165, 1.54) is 18.2 Å². The molecular weight excluding hydrogens is 373 g/mol. The number of nitrogens with one attached hydrogen (secondary N) is 2. The molecule has 1 aromatic carbocycles. The Morgan fingerprint density at radius 1 is 1.10 bits per heavy atom. The van der Waals surface area contributed by atoms with Crippen LogP contribution in [-0.4, -0.2) is 47.8 Å². The fourth-order valence-electron chi connectivity index (χ4n) is 3.74. The van der Waals surface area contributed by atoms with Gasteiger partial charge in [-0.3, -0.25) is 14.4 Å². The summed E-state index contributed by atoms with van der Waals surface area (Å²) < 4.78 is 14.0. The zero-order chi connectivity index (χ0) is 21.0. The second-order valence-corrected chi connectivity index (χ2v) is 8.19. The highest BCUT2D eigenvalue weighted by Gasteiger charge is 2.38. The van der Waals surface area contributed by atoms with Crippen LogP contribution in [0.25, 0.3) is 0 Å². The van der Waals surface area contributed by atoms with Crippen LogP contribution in [-0.2, 0) is 9.59 Å². The molecule has 0 spiro atoms. The molecule has 158 valence electrons. The standard InChI is InChI=1S/C22H30FN3O3/c1-3-14(2)24-21(28)19(25-20(27)17-6-4-5-7-18(17)23)15-10-12-26(13-11-15)22(29)16-8-9-16/h4-7,14-16,19H,3,8-13H2,1-2H3,(H,24,28)(H,25,27). The van der Waals surface area contributed by atoms with Crippen molar-refractivity contribution in [2.45, 2.75) is 58.0 Å². The molecule has 7 heteroatoms. The van der Waals surface area contributed by atoms with Gasteiger partial charge in [0, 0.05) is 25.0 Å². The highest BCUT2D eigenvalue weighted by atomic mass is 19.1.